The third-order valence-corrected chi connectivity index (χ3v) is 3.15. The maximum atomic E-state index is 12.9. The summed E-state index contributed by atoms with van der Waals surface area (Å²) in [6.45, 7) is 0. The number of nitro groups is 1. The number of amides is 1. The lowest BCUT2D eigenvalue weighted by Crippen LogP contribution is -2.12. The predicted octanol–water partition coefficient (Wildman–Crippen LogP) is 3.75. The van der Waals surface area contributed by atoms with Gasteiger partial charge in [-0.05, 0) is 40.2 Å². The second kappa shape index (κ2) is 5.79. The van der Waals surface area contributed by atoms with Crippen LogP contribution in [0.5, 0.6) is 0 Å². The zero-order chi connectivity index (χ0) is 14.7. The number of benzene rings is 2. The Labute approximate surface area is 121 Å². The summed E-state index contributed by atoms with van der Waals surface area (Å²) < 4.78 is 13.2. The van der Waals surface area contributed by atoms with Crippen molar-refractivity contribution in [3.8, 4) is 0 Å². The van der Waals surface area contributed by atoms with E-state index in [2.05, 4.69) is 21.2 Å². The number of hydrogen-bond acceptors (Lipinski definition) is 3. The molecule has 0 atom stereocenters. The highest BCUT2D eigenvalue weighted by molar-refractivity contribution is 9.10. The molecule has 1 amide bonds. The van der Waals surface area contributed by atoms with Gasteiger partial charge in [0, 0.05) is 22.3 Å². The molecule has 2 aromatic carbocycles. The van der Waals surface area contributed by atoms with Crippen LogP contribution in [0, 0.1) is 15.9 Å². The SMILES string of the molecule is O=C(Nc1cccc([N+](=O)[O-])c1)c1ccc(F)cc1Br. The zero-order valence-corrected chi connectivity index (χ0v) is 11.6. The Bertz CT molecular complexity index is 691. The highest BCUT2D eigenvalue weighted by Crippen LogP contribution is 2.21. The number of hydrogen-bond donors (Lipinski definition) is 1. The molecule has 0 unspecified atom stereocenters. The van der Waals surface area contributed by atoms with E-state index in [1.165, 1.54) is 36.4 Å². The standard InChI is InChI=1S/C13H8BrFN2O3/c14-12-6-8(15)4-5-11(12)13(18)16-9-2-1-3-10(7-9)17(19)20/h1-7H,(H,16,18). The molecule has 0 aromatic heterocycles. The van der Waals surface area contributed by atoms with E-state index in [1.807, 2.05) is 0 Å². The second-order valence-corrected chi connectivity index (χ2v) is 4.74. The van der Waals surface area contributed by atoms with Gasteiger partial charge in [0.05, 0.1) is 10.5 Å². The number of rotatable bonds is 3. The van der Waals surface area contributed by atoms with Crippen molar-refractivity contribution >= 4 is 33.2 Å². The maximum Gasteiger partial charge on any atom is 0.271 e. The zero-order valence-electron chi connectivity index (χ0n) is 9.97. The lowest BCUT2D eigenvalue weighted by molar-refractivity contribution is -0.384. The van der Waals surface area contributed by atoms with Crippen LogP contribution in [0.1, 0.15) is 10.4 Å². The van der Waals surface area contributed by atoms with Gasteiger partial charge in [0.15, 0.2) is 0 Å². The molecule has 2 aromatic rings. The average molecular weight is 339 g/mol. The molecule has 0 aliphatic carbocycles. The Kier molecular flexibility index (Phi) is 4.09. The molecular weight excluding hydrogens is 331 g/mol. The molecule has 0 fully saturated rings. The quantitative estimate of drug-likeness (QED) is 0.684. The van der Waals surface area contributed by atoms with Crippen molar-refractivity contribution in [2.45, 2.75) is 0 Å². The molecule has 5 nitrogen and oxygen atoms in total. The molecule has 0 saturated heterocycles. The number of anilines is 1. The van der Waals surface area contributed by atoms with Crippen molar-refractivity contribution in [2.75, 3.05) is 5.32 Å². The largest absolute Gasteiger partial charge is 0.322 e. The first-order chi connectivity index (χ1) is 9.47. The minimum Gasteiger partial charge on any atom is -0.322 e. The average Bonchev–Trinajstić information content (AvgIpc) is 2.38. The summed E-state index contributed by atoms with van der Waals surface area (Å²) in [7, 11) is 0. The van der Waals surface area contributed by atoms with Crippen LogP contribution in [0.15, 0.2) is 46.9 Å². The molecular formula is C13H8BrFN2O3. The molecule has 0 bridgehead atoms. The molecule has 2 rings (SSSR count). The third-order valence-electron chi connectivity index (χ3n) is 2.49. The van der Waals surface area contributed by atoms with Gasteiger partial charge in [0.25, 0.3) is 11.6 Å². The van der Waals surface area contributed by atoms with E-state index in [-0.39, 0.29) is 11.3 Å². The molecule has 7 heteroatoms. The number of non-ortho nitro benzene ring substituents is 1. The van der Waals surface area contributed by atoms with Crippen LogP contribution in [-0.4, -0.2) is 10.8 Å². The fourth-order valence-corrected chi connectivity index (χ4v) is 2.10. The first-order valence-corrected chi connectivity index (χ1v) is 6.27. The van der Waals surface area contributed by atoms with Crippen molar-refractivity contribution < 1.29 is 14.1 Å². The fraction of sp³-hybridized carbons (Fsp3) is 0. The van der Waals surface area contributed by atoms with Crippen molar-refractivity contribution in [1.29, 1.82) is 0 Å². The van der Waals surface area contributed by atoms with Crippen LogP contribution in [0.4, 0.5) is 15.8 Å². The maximum absolute atomic E-state index is 12.9. The molecule has 0 aliphatic heterocycles. The Hall–Kier alpha value is -2.28. The van der Waals surface area contributed by atoms with Crippen molar-refractivity contribution in [3.05, 3.63) is 68.4 Å². The number of nitrogens with zero attached hydrogens (tertiary/aromatic N) is 1. The van der Waals surface area contributed by atoms with E-state index >= 15 is 0 Å². The molecule has 20 heavy (non-hydrogen) atoms. The van der Waals surface area contributed by atoms with Gasteiger partial charge in [-0.1, -0.05) is 6.07 Å². The summed E-state index contributed by atoms with van der Waals surface area (Å²) in [4.78, 5) is 22.1. The number of nitrogens with one attached hydrogen (secondary N) is 1. The molecule has 0 spiro atoms. The summed E-state index contributed by atoms with van der Waals surface area (Å²) in [6.07, 6.45) is 0. The number of carbonyl (C=O) groups is 1. The lowest BCUT2D eigenvalue weighted by Gasteiger charge is -2.06. The number of nitro benzene ring substituents is 1. The van der Waals surface area contributed by atoms with E-state index in [1.54, 1.807) is 0 Å². The highest BCUT2D eigenvalue weighted by Gasteiger charge is 2.12. The molecule has 0 heterocycles. The van der Waals surface area contributed by atoms with E-state index in [0.29, 0.717) is 10.2 Å². The van der Waals surface area contributed by atoms with Crippen LogP contribution >= 0.6 is 15.9 Å². The van der Waals surface area contributed by atoms with Crippen LogP contribution in [0.3, 0.4) is 0 Å². The van der Waals surface area contributed by atoms with Crippen molar-refractivity contribution in [1.82, 2.24) is 0 Å². The van der Waals surface area contributed by atoms with Crippen LogP contribution in [0.2, 0.25) is 0 Å². The Morgan fingerprint density at radius 2 is 2.00 bits per heavy atom. The second-order valence-electron chi connectivity index (χ2n) is 3.89. The van der Waals surface area contributed by atoms with Crippen molar-refractivity contribution in [3.63, 3.8) is 0 Å². The smallest absolute Gasteiger partial charge is 0.271 e. The molecule has 1 N–H and O–H groups in total. The summed E-state index contributed by atoms with van der Waals surface area (Å²) in [5.74, 6) is -0.957. The Morgan fingerprint density at radius 3 is 2.65 bits per heavy atom. The van der Waals surface area contributed by atoms with E-state index in [4.69, 9.17) is 0 Å². The van der Waals surface area contributed by atoms with Gasteiger partial charge in [-0.3, -0.25) is 14.9 Å². The molecule has 102 valence electrons. The fourth-order valence-electron chi connectivity index (χ4n) is 1.57. The lowest BCUT2D eigenvalue weighted by atomic mass is 10.2. The third kappa shape index (κ3) is 3.18. The monoisotopic (exact) mass is 338 g/mol. The van der Waals surface area contributed by atoms with E-state index < -0.39 is 16.6 Å². The molecule has 0 saturated carbocycles. The normalized spacial score (nSPS) is 10.1. The number of carbonyl (C=O) groups excluding carboxylic acids is 1. The minimum atomic E-state index is -0.552. The number of halogens is 2. The minimum absolute atomic E-state index is 0.124. The predicted molar refractivity (Wildman–Crippen MR) is 75.1 cm³/mol. The van der Waals surface area contributed by atoms with E-state index in [9.17, 15) is 19.3 Å². The topological polar surface area (TPSA) is 72.2 Å². The summed E-state index contributed by atoms with van der Waals surface area (Å²) in [5.41, 5.74) is 0.402. The molecule has 0 aliphatic rings. The Morgan fingerprint density at radius 1 is 1.25 bits per heavy atom. The van der Waals surface area contributed by atoms with Gasteiger partial charge < -0.3 is 5.32 Å². The van der Waals surface area contributed by atoms with Crippen LogP contribution in [-0.2, 0) is 0 Å². The summed E-state index contributed by atoms with van der Waals surface area (Å²) >= 11 is 3.09. The van der Waals surface area contributed by atoms with Crippen LogP contribution in [0.25, 0.3) is 0 Å². The first-order valence-electron chi connectivity index (χ1n) is 5.48. The highest BCUT2D eigenvalue weighted by atomic mass is 79.9. The van der Waals surface area contributed by atoms with Gasteiger partial charge in [-0.2, -0.15) is 0 Å². The van der Waals surface area contributed by atoms with E-state index in [0.717, 1.165) is 6.07 Å². The van der Waals surface area contributed by atoms with Gasteiger partial charge in [0.2, 0.25) is 0 Å². The van der Waals surface area contributed by atoms with Crippen LogP contribution < -0.4 is 5.32 Å². The van der Waals surface area contributed by atoms with Gasteiger partial charge >= 0.3 is 0 Å². The van der Waals surface area contributed by atoms with Crippen molar-refractivity contribution in [2.24, 2.45) is 0 Å². The van der Waals surface area contributed by atoms with Gasteiger partial charge in [-0.15, -0.1) is 0 Å². The Balaban J connectivity index is 2.23. The summed E-state index contributed by atoms with van der Waals surface area (Å²) in [5, 5.41) is 13.2. The van der Waals surface area contributed by atoms with Gasteiger partial charge in [-0.25, -0.2) is 4.39 Å². The van der Waals surface area contributed by atoms with Gasteiger partial charge in [0.1, 0.15) is 5.82 Å². The summed E-state index contributed by atoms with van der Waals surface area (Å²) in [6, 6.07) is 9.22. The molecule has 0 radical (unpaired) electrons. The first kappa shape index (κ1) is 14.1.